The van der Waals surface area contributed by atoms with E-state index >= 15 is 0 Å². The van der Waals surface area contributed by atoms with Crippen LogP contribution in [-0.4, -0.2) is 16.4 Å². The Hall–Kier alpha value is -1.14. The molecule has 0 radical (unpaired) electrons. The minimum atomic E-state index is 0.468. The zero-order valence-corrected chi connectivity index (χ0v) is 7.51. The van der Waals surface area contributed by atoms with Gasteiger partial charge >= 0.3 is 0 Å². The second-order valence-corrected chi connectivity index (χ2v) is 2.63. The van der Waals surface area contributed by atoms with E-state index in [0.717, 1.165) is 0 Å². The average Bonchev–Trinajstić information content (AvgIpc) is 2.35. The van der Waals surface area contributed by atoms with E-state index in [2.05, 4.69) is 11.0 Å². The standard InChI is InChI=1S/C8H9ClN2O/c1-3-4-5-12-8-7(9)6-10-11(8)2/h1,6H,4-5H2,2H3. The van der Waals surface area contributed by atoms with Gasteiger partial charge in [0, 0.05) is 13.5 Å². The average molecular weight is 185 g/mol. The lowest BCUT2D eigenvalue weighted by molar-refractivity contribution is 0.298. The first-order chi connectivity index (χ1) is 5.75. The van der Waals surface area contributed by atoms with Gasteiger partial charge in [0.15, 0.2) is 0 Å². The summed E-state index contributed by atoms with van der Waals surface area (Å²) >= 11 is 5.76. The van der Waals surface area contributed by atoms with Crippen LogP contribution in [0.5, 0.6) is 5.88 Å². The molecule has 1 aromatic rings. The number of terminal acetylenes is 1. The smallest absolute Gasteiger partial charge is 0.230 e. The summed E-state index contributed by atoms with van der Waals surface area (Å²) in [6.07, 6.45) is 7.16. The third kappa shape index (κ3) is 1.93. The number of rotatable bonds is 3. The summed E-state index contributed by atoms with van der Waals surface area (Å²) in [4.78, 5) is 0. The molecule has 0 saturated carbocycles. The highest BCUT2D eigenvalue weighted by molar-refractivity contribution is 6.31. The molecule has 1 rings (SSSR count). The largest absolute Gasteiger partial charge is 0.476 e. The predicted molar refractivity (Wildman–Crippen MR) is 47.2 cm³/mol. The van der Waals surface area contributed by atoms with Crippen molar-refractivity contribution in [2.75, 3.05) is 6.61 Å². The number of nitrogens with zero attached hydrogens (tertiary/aromatic N) is 2. The SMILES string of the molecule is C#CCCOc1c(Cl)cnn1C. The molecular formula is C8H9ClN2O. The van der Waals surface area contributed by atoms with E-state index in [9.17, 15) is 0 Å². The van der Waals surface area contributed by atoms with Gasteiger partial charge in [-0.1, -0.05) is 11.6 Å². The number of ether oxygens (including phenoxy) is 1. The molecule has 12 heavy (non-hydrogen) atoms. The van der Waals surface area contributed by atoms with Crippen molar-refractivity contribution in [2.45, 2.75) is 6.42 Å². The summed E-state index contributed by atoms with van der Waals surface area (Å²) in [6, 6.07) is 0. The molecule has 0 spiro atoms. The molecule has 0 saturated heterocycles. The van der Waals surface area contributed by atoms with Crippen LogP contribution in [0.3, 0.4) is 0 Å². The number of hydrogen-bond acceptors (Lipinski definition) is 2. The molecule has 0 aromatic carbocycles. The number of hydrogen-bond donors (Lipinski definition) is 0. The van der Waals surface area contributed by atoms with E-state index in [1.807, 2.05) is 0 Å². The van der Waals surface area contributed by atoms with Crippen LogP contribution >= 0.6 is 11.6 Å². The van der Waals surface area contributed by atoms with Crippen LogP contribution in [0.15, 0.2) is 6.20 Å². The maximum absolute atomic E-state index is 5.76. The van der Waals surface area contributed by atoms with E-state index in [1.54, 1.807) is 11.7 Å². The molecule has 1 aromatic heterocycles. The minimum Gasteiger partial charge on any atom is -0.476 e. The fourth-order valence-electron chi connectivity index (χ4n) is 0.769. The lowest BCUT2D eigenvalue weighted by Crippen LogP contribution is -2.01. The third-order valence-electron chi connectivity index (χ3n) is 1.33. The van der Waals surface area contributed by atoms with Gasteiger partial charge in [-0.15, -0.1) is 12.3 Å². The molecule has 0 unspecified atom stereocenters. The van der Waals surface area contributed by atoms with Crippen molar-refractivity contribution < 1.29 is 4.74 Å². The molecule has 0 aliphatic rings. The highest BCUT2D eigenvalue weighted by Gasteiger charge is 2.05. The Morgan fingerprint density at radius 2 is 2.58 bits per heavy atom. The molecule has 0 aliphatic heterocycles. The van der Waals surface area contributed by atoms with Crippen molar-refractivity contribution >= 4 is 11.6 Å². The fourth-order valence-corrected chi connectivity index (χ4v) is 0.989. The van der Waals surface area contributed by atoms with Crippen LogP contribution in [0.25, 0.3) is 0 Å². The molecule has 0 N–H and O–H groups in total. The summed E-state index contributed by atoms with van der Waals surface area (Å²) in [5.74, 6) is 3.03. The second kappa shape index (κ2) is 4.03. The van der Waals surface area contributed by atoms with Crippen molar-refractivity contribution in [1.82, 2.24) is 9.78 Å². The summed E-state index contributed by atoms with van der Waals surface area (Å²) in [7, 11) is 1.76. The molecule has 0 aliphatic carbocycles. The highest BCUT2D eigenvalue weighted by atomic mass is 35.5. The number of halogens is 1. The first-order valence-corrected chi connectivity index (χ1v) is 3.87. The Labute approximate surface area is 76.3 Å². The summed E-state index contributed by atoms with van der Waals surface area (Å²) < 4.78 is 6.84. The Morgan fingerprint density at radius 3 is 3.08 bits per heavy atom. The quantitative estimate of drug-likeness (QED) is 0.526. The lowest BCUT2D eigenvalue weighted by atomic mass is 10.5. The molecule has 0 bridgehead atoms. The van der Waals surface area contributed by atoms with Crippen molar-refractivity contribution in [3.63, 3.8) is 0 Å². The summed E-state index contributed by atoms with van der Waals surface area (Å²) in [5, 5.41) is 4.41. The molecule has 1 heterocycles. The van der Waals surface area contributed by atoms with Crippen LogP contribution < -0.4 is 4.74 Å². The van der Waals surface area contributed by atoms with E-state index in [0.29, 0.717) is 23.9 Å². The second-order valence-electron chi connectivity index (χ2n) is 2.22. The Balaban J connectivity index is 2.57. The van der Waals surface area contributed by atoms with Crippen molar-refractivity contribution in [3.05, 3.63) is 11.2 Å². The van der Waals surface area contributed by atoms with Gasteiger partial charge in [-0.25, -0.2) is 4.68 Å². The zero-order chi connectivity index (χ0) is 8.97. The van der Waals surface area contributed by atoms with Gasteiger partial charge in [0.2, 0.25) is 5.88 Å². The number of aryl methyl sites for hydroxylation is 1. The van der Waals surface area contributed by atoms with Crippen LogP contribution in [0.1, 0.15) is 6.42 Å². The normalized spacial score (nSPS) is 9.42. The topological polar surface area (TPSA) is 27.1 Å². The van der Waals surface area contributed by atoms with Gasteiger partial charge in [0.1, 0.15) is 11.6 Å². The zero-order valence-electron chi connectivity index (χ0n) is 6.75. The van der Waals surface area contributed by atoms with Crippen molar-refractivity contribution in [2.24, 2.45) is 7.05 Å². The van der Waals surface area contributed by atoms with Crippen LogP contribution in [0.2, 0.25) is 5.02 Å². The van der Waals surface area contributed by atoms with Gasteiger partial charge in [-0.05, 0) is 0 Å². The molecule has 3 nitrogen and oxygen atoms in total. The molecular weight excluding hydrogens is 176 g/mol. The van der Waals surface area contributed by atoms with Gasteiger partial charge in [0.05, 0.1) is 6.20 Å². The Bertz CT molecular complexity index is 281. The molecule has 0 atom stereocenters. The summed E-state index contributed by atoms with van der Waals surface area (Å²) in [6.45, 7) is 0.468. The molecule has 0 amide bonds. The first-order valence-electron chi connectivity index (χ1n) is 3.49. The van der Waals surface area contributed by atoms with Crippen molar-refractivity contribution in [1.29, 1.82) is 0 Å². The van der Waals surface area contributed by atoms with E-state index in [1.165, 1.54) is 6.20 Å². The lowest BCUT2D eigenvalue weighted by Gasteiger charge is -2.03. The number of aromatic nitrogens is 2. The Kier molecular flexibility index (Phi) is 3.01. The first kappa shape index (κ1) is 8.95. The van der Waals surface area contributed by atoms with Gasteiger partial charge < -0.3 is 4.74 Å². The van der Waals surface area contributed by atoms with Gasteiger partial charge in [-0.2, -0.15) is 5.10 Å². The molecule has 4 heteroatoms. The minimum absolute atomic E-state index is 0.468. The maximum Gasteiger partial charge on any atom is 0.230 e. The van der Waals surface area contributed by atoms with Crippen LogP contribution in [-0.2, 0) is 7.05 Å². The molecule has 64 valence electrons. The Morgan fingerprint density at radius 1 is 1.83 bits per heavy atom. The van der Waals surface area contributed by atoms with E-state index < -0.39 is 0 Å². The monoisotopic (exact) mass is 184 g/mol. The third-order valence-corrected chi connectivity index (χ3v) is 1.59. The fraction of sp³-hybridized carbons (Fsp3) is 0.375. The van der Waals surface area contributed by atoms with Crippen LogP contribution in [0.4, 0.5) is 0 Å². The van der Waals surface area contributed by atoms with Crippen LogP contribution in [0, 0.1) is 12.3 Å². The highest BCUT2D eigenvalue weighted by Crippen LogP contribution is 2.22. The van der Waals surface area contributed by atoms with Gasteiger partial charge in [-0.3, -0.25) is 0 Å². The molecule has 0 fully saturated rings. The van der Waals surface area contributed by atoms with Gasteiger partial charge in [0.25, 0.3) is 0 Å². The summed E-state index contributed by atoms with van der Waals surface area (Å²) in [5.41, 5.74) is 0. The van der Waals surface area contributed by atoms with Crippen molar-refractivity contribution in [3.8, 4) is 18.2 Å². The van der Waals surface area contributed by atoms with E-state index in [4.69, 9.17) is 22.8 Å². The van der Waals surface area contributed by atoms with E-state index in [-0.39, 0.29) is 0 Å². The predicted octanol–water partition coefficient (Wildman–Crippen LogP) is 1.48. The maximum atomic E-state index is 5.76.